The first-order valence-electron chi connectivity index (χ1n) is 6.42. The highest BCUT2D eigenvalue weighted by Gasteiger charge is 2.22. The monoisotopic (exact) mass is 260 g/mol. The molecule has 19 heavy (non-hydrogen) atoms. The standard InChI is InChI=1S/C13H16N4O2/c1-16-6-2-3-10(16)8-17-12-5-4-9(13(18)19)7-11(12)14-15-17/h4-5,7,10H,2-3,6,8H2,1H3,(H,18,19). The van der Waals surface area contributed by atoms with E-state index in [4.69, 9.17) is 5.11 Å². The quantitative estimate of drug-likeness (QED) is 0.898. The van der Waals surface area contributed by atoms with Gasteiger partial charge in [0, 0.05) is 6.04 Å². The second-order valence-electron chi connectivity index (χ2n) is 5.06. The van der Waals surface area contributed by atoms with Gasteiger partial charge in [-0.25, -0.2) is 9.48 Å². The zero-order valence-electron chi connectivity index (χ0n) is 10.8. The van der Waals surface area contributed by atoms with Crippen molar-refractivity contribution in [3.63, 3.8) is 0 Å². The second-order valence-corrected chi connectivity index (χ2v) is 5.06. The number of hydrogen-bond acceptors (Lipinski definition) is 4. The lowest BCUT2D eigenvalue weighted by atomic mass is 10.2. The van der Waals surface area contributed by atoms with E-state index in [0.717, 1.165) is 18.6 Å². The molecule has 6 nitrogen and oxygen atoms in total. The Labute approximate surface area is 110 Å². The summed E-state index contributed by atoms with van der Waals surface area (Å²) in [7, 11) is 2.12. The minimum Gasteiger partial charge on any atom is -0.478 e. The van der Waals surface area contributed by atoms with E-state index < -0.39 is 5.97 Å². The van der Waals surface area contributed by atoms with E-state index in [2.05, 4.69) is 22.3 Å². The second kappa shape index (κ2) is 4.62. The summed E-state index contributed by atoms with van der Waals surface area (Å²) < 4.78 is 1.87. The molecule has 0 spiro atoms. The van der Waals surface area contributed by atoms with Gasteiger partial charge in [0.15, 0.2) is 0 Å². The largest absolute Gasteiger partial charge is 0.478 e. The highest BCUT2D eigenvalue weighted by Crippen LogP contribution is 2.19. The normalized spacial score (nSPS) is 20.2. The molecule has 1 aliphatic heterocycles. The molecular weight excluding hydrogens is 244 g/mol. The van der Waals surface area contributed by atoms with E-state index in [1.54, 1.807) is 18.2 Å². The number of aromatic nitrogens is 3. The van der Waals surface area contributed by atoms with Gasteiger partial charge < -0.3 is 10.0 Å². The van der Waals surface area contributed by atoms with E-state index in [-0.39, 0.29) is 5.56 Å². The lowest BCUT2D eigenvalue weighted by Gasteiger charge is -2.19. The zero-order chi connectivity index (χ0) is 13.4. The van der Waals surface area contributed by atoms with Crippen LogP contribution in [0.4, 0.5) is 0 Å². The SMILES string of the molecule is CN1CCCC1Cn1nnc2cc(C(=O)O)ccc21. The van der Waals surface area contributed by atoms with Crippen LogP contribution in [-0.2, 0) is 6.54 Å². The maximum atomic E-state index is 10.9. The van der Waals surface area contributed by atoms with Crippen molar-refractivity contribution in [2.45, 2.75) is 25.4 Å². The molecule has 1 fully saturated rings. The molecule has 2 heterocycles. The van der Waals surface area contributed by atoms with Crippen LogP contribution in [0.2, 0.25) is 0 Å². The highest BCUT2D eigenvalue weighted by atomic mass is 16.4. The zero-order valence-corrected chi connectivity index (χ0v) is 10.8. The van der Waals surface area contributed by atoms with Gasteiger partial charge in [-0.2, -0.15) is 0 Å². The third-order valence-corrected chi connectivity index (χ3v) is 3.82. The van der Waals surface area contributed by atoms with Gasteiger partial charge in [0.1, 0.15) is 5.52 Å². The molecule has 0 amide bonds. The van der Waals surface area contributed by atoms with Crippen LogP contribution >= 0.6 is 0 Å². The van der Waals surface area contributed by atoms with E-state index >= 15 is 0 Å². The van der Waals surface area contributed by atoms with E-state index in [1.165, 1.54) is 12.8 Å². The molecule has 1 N–H and O–H groups in total. The Morgan fingerprint density at radius 3 is 3.05 bits per heavy atom. The third kappa shape index (κ3) is 2.19. The Balaban J connectivity index is 1.90. The summed E-state index contributed by atoms with van der Waals surface area (Å²) >= 11 is 0. The molecule has 0 radical (unpaired) electrons. The van der Waals surface area contributed by atoms with Gasteiger partial charge >= 0.3 is 5.97 Å². The van der Waals surface area contributed by atoms with Gasteiger partial charge in [-0.3, -0.25) is 0 Å². The van der Waals surface area contributed by atoms with Gasteiger partial charge in [0.2, 0.25) is 0 Å². The van der Waals surface area contributed by atoms with Crippen LogP contribution in [0.25, 0.3) is 11.0 Å². The maximum Gasteiger partial charge on any atom is 0.335 e. The molecule has 1 unspecified atom stereocenters. The lowest BCUT2D eigenvalue weighted by molar-refractivity contribution is 0.0697. The third-order valence-electron chi connectivity index (χ3n) is 3.82. The molecule has 1 aromatic carbocycles. The highest BCUT2D eigenvalue weighted by molar-refractivity contribution is 5.92. The van der Waals surface area contributed by atoms with Crippen molar-refractivity contribution in [2.24, 2.45) is 0 Å². The average Bonchev–Trinajstić information content (AvgIpc) is 2.97. The number of fused-ring (bicyclic) bond motifs is 1. The van der Waals surface area contributed by atoms with Crippen molar-refractivity contribution >= 4 is 17.0 Å². The first-order chi connectivity index (χ1) is 9.15. The minimum atomic E-state index is -0.938. The van der Waals surface area contributed by atoms with Crippen LogP contribution in [-0.4, -0.2) is 50.6 Å². The molecule has 3 rings (SSSR count). The van der Waals surface area contributed by atoms with E-state index in [9.17, 15) is 4.79 Å². The molecule has 0 saturated carbocycles. The summed E-state index contributed by atoms with van der Waals surface area (Å²) in [6, 6.07) is 5.44. The number of carbonyl (C=O) groups is 1. The number of hydrogen-bond donors (Lipinski definition) is 1. The van der Waals surface area contributed by atoms with Crippen LogP contribution in [0.15, 0.2) is 18.2 Å². The number of aromatic carboxylic acids is 1. The molecule has 0 bridgehead atoms. The number of likely N-dealkylation sites (tertiary alicyclic amines) is 1. The van der Waals surface area contributed by atoms with Crippen LogP contribution in [0.1, 0.15) is 23.2 Å². The molecule has 1 atom stereocenters. The van der Waals surface area contributed by atoms with Crippen molar-refractivity contribution in [2.75, 3.05) is 13.6 Å². The smallest absolute Gasteiger partial charge is 0.335 e. The fourth-order valence-electron chi connectivity index (χ4n) is 2.65. The molecule has 2 aromatic rings. The van der Waals surface area contributed by atoms with Crippen LogP contribution < -0.4 is 0 Å². The van der Waals surface area contributed by atoms with Gasteiger partial charge in [-0.05, 0) is 44.6 Å². The van der Waals surface area contributed by atoms with Crippen LogP contribution in [0.3, 0.4) is 0 Å². The van der Waals surface area contributed by atoms with Crippen molar-refractivity contribution in [3.05, 3.63) is 23.8 Å². The van der Waals surface area contributed by atoms with Crippen molar-refractivity contribution < 1.29 is 9.90 Å². The average molecular weight is 260 g/mol. The molecule has 1 aliphatic rings. The maximum absolute atomic E-state index is 10.9. The molecule has 6 heteroatoms. The summed E-state index contributed by atoms with van der Waals surface area (Å²) in [6.07, 6.45) is 2.39. The van der Waals surface area contributed by atoms with Gasteiger partial charge in [-0.15, -0.1) is 5.10 Å². The van der Waals surface area contributed by atoms with E-state index in [1.807, 2.05) is 4.68 Å². The van der Waals surface area contributed by atoms with Crippen molar-refractivity contribution in [1.82, 2.24) is 19.9 Å². The first-order valence-corrected chi connectivity index (χ1v) is 6.42. The summed E-state index contributed by atoms with van der Waals surface area (Å²) in [5.41, 5.74) is 1.78. The fraction of sp³-hybridized carbons (Fsp3) is 0.462. The van der Waals surface area contributed by atoms with Crippen LogP contribution in [0.5, 0.6) is 0 Å². The van der Waals surface area contributed by atoms with E-state index in [0.29, 0.717) is 11.6 Å². The summed E-state index contributed by atoms with van der Waals surface area (Å²) in [6.45, 7) is 1.93. The summed E-state index contributed by atoms with van der Waals surface area (Å²) in [5.74, 6) is -0.938. The van der Waals surface area contributed by atoms with Crippen molar-refractivity contribution in [3.8, 4) is 0 Å². The number of carboxylic acid groups (broad SMARTS) is 1. The Morgan fingerprint density at radius 1 is 1.53 bits per heavy atom. The van der Waals surface area contributed by atoms with Crippen molar-refractivity contribution in [1.29, 1.82) is 0 Å². The Morgan fingerprint density at radius 2 is 2.37 bits per heavy atom. The predicted octanol–water partition coefficient (Wildman–Crippen LogP) is 1.22. The van der Waals surface area contributed by atoms with Gasteiger partial charge in [0.05, 0.1) is 17.6 Å². The predicted molar refractivity (Wildman–Crippen MR) is 70.1 cm³/mol. The molecule has 0 aliphatic carbocycles. The number of rotatable bonds is 3. The summed E-state index contributed by atoms with van der Waals surface area (Å²) in [4.78, 5) is 13.2. The fourth-order valence-corrected chi connectivity index (χ4v) is 2.65. The molecular formula is C13H16N4O2. The Kier molecular flexibility index (Phi) is 2.94. The molecule has 1 aromatic heterocycles. The molecule has 1 saturated heterocycles. The Hall–Kier alpha value is -1.95. The van der Waals surface area contributed by atoms with Gasteiger partial charge in [-0.1, -0.05) is 5.21 Å². The number of likely N-dealkylation sites (N-methyl/N-ethyl adjacent to an activating group) is 1. The number of carboxylic acids is 1. The topological polar surface area (TPSA) is 71.2 Å². The lowest BCUT2D eigenvalue weighted by Crippen LogP contribution is -2.29. The van der Waals surface area contributed by atoms with Crippen LogP contribution in [0, 0.1) is 0 Å². The Bertz CT molecular complexity index is 622. The number of nitrogens with zero attached hydrogens (tertiary/aromatic N) is 4. The summed E-state index contributed by atoms with van der Waals surface area (Å²) in [5, 5.41) is 17.2. The number of benzene rings is 1. The van der Waals surface area contributed by atoms with Gasteiger partial charge in [0.25, 0.3) is 0 Å². The minimum absolute atomic E-state index is 0.248. The first kappa shape index (κ1) is 12.1. The molecule has 100 valence electrons.